The first-order valence-corrected chi connectivity index (χ1v) is 6.64. The van der Waals surface area contributed by atoms with Crippen LogP contribution in [0.5, 0.6) is 0 Å². The third-order valence-electron chi connectivity index (χ3n) is 3.49. The molecule has 20 heavy (non-hydrogen) atoms. The summed E-state index contributed by atoms with van der Waals surface area (Å²) < 4.78 is 43.9. The number of halogens is 4. The largest absolute Gasteiger partial charge is 0.469 e. The van der Waals surface area contributed by atoms with Crippen LogP contribution in [0.4, 0.5) is 13.2 Å². The predicted molar refractivity (Wildman–Crippen MR) is 67.8 cm³/mol. The van der Waals surface area contributed by atoms with E-state index in [0.29, 0.717) is 4.47 Å². The van der Waals surface area contributed by atoms with E-state index in [4.69, 9.17) is 0 Å². The summed E-state index contributed by atoms with van der Waals surface area (Å²) in [6, 6.07) is 3.44. The van der Waals surface area contributed by atoms with Gasteiger partial charge in [-0.15, -0.1) is 0 Å². The van der Waals surface area contributed by atoms with Crippen molar-refractivity contribution < 1.29 is 27.8 Å². The van der Waals surface area contributed by atoms with Crippen LogP contribution in [-0.4, -0.2) is 18.2 Å². The molecule has 1 aliphatic rings. The highest BCUT2D eigenvalue weighted by atomic mass is 79.9. The second kappa shape index (κ2) is 5.04. The molecule has 1 aliphatic carbocycles. The zero-order valence-corrected chi connectivity index (χ0v) is 12.1. The van der Waals surface area contributed by atoms with Crippen molar-refractivity contribution in [3.8, 4) is 0 Å². The van der Waals surface area contributed by atoms with Crippen LogP contribution in [-0.2, 0) is 21.3 Å². The molecule has 1 N–H and O–H groups in total. The Morgan fingerprint density at radius 1 is 1.45 bits per heavy atom. The molecule has 0 radical (unpaired) electrons. The summed E-state index contributed by atoms with van der Waals surface area (Å²) in [4.78, 5) is 11.3. The third kappa shape index (κ3) is 2.69. The minimum Gasteiger partial charge on any atom is -0.469 e. The predicted octanol–water partition coefficient (Wildman–Crippen LogP) is 3.24. The van der Waals surface area contributed by atoms with Gasteiger partial charge in [0.1, 0.15) is 0 Å². The topological polar surface area (TPSA) is 46.5 Å². The Labute approximate surface area is 121 Å². The molecule has 1 aromatic rings. The molecule has 0 saturated heterocycles. The molecule has 1 aromatic carbocycles. The van der Waals surface area contributed by atoms with Crippen molar-refractivity contribution in [1.82, 2.24) is 0 Å². The molecule has 0 spiro atoms. The van der Waals surface area contributed by atoms with E-state index >= 15 is 0 Å². The minimum absolute atomic E-state index is 0.0702. The number of carbonyl (C=O) groups excluding carboxylic acids is 1. The number of ether oxygens (including phenoxy) is 1. The summed E-state index contributed by atoms with van der Waals surface area (Å²) in [5.41, 5.74) is -2.74. The molecule has 3 nitrogen and oxygen atoms in total. The zero-order chi connectivity index (χ0) is 15.1. The van der Waals surface area contributed by atoms with E-state index in [1.54, 1.807) is 0 Å². The van der Waals surface area contributed by atoms with Crippen LogP contribution in [0.15, 0.2) is 22.7 Å². The van der Waals surface area contributed by atoms with Gasteiger partial charge < -0.3 is 9.84 Å². The van der Waals surface area contributed by atoms with Gasteiger partial charge in [0.25, 0.3) is 0 Å². The molecule has 0 amide bonds. The number of hydrogen-bond acceptors (Lipinski definition) is 3. The van der Waals surface area contributed by atoms with Gasteiger partial charge in [-0.05, 0) is 36.6 Å². The molecule has 0 aromatic heterocycles. The van der Waals surface area contributed by atoms with Gasteiger partial charge >= 0.3 is 12.1 Å². The number of esters is 1. The number of hydrogen-bond donors (Lipinski definition) is 1. The lowest BCUT2D eigenvalue weighted by Crippen LogP contribution is -2.46. The van der Waals surface area contributed by atoms with Gasteiger partial charge in [-0.2, -0.15) is 13.2 Å². The van der Waals surface area contributed by atoms with E-state index in [0.717, 1.165) is 6.07 Å². The molecular weight excluding hydrogens is 341 g/mol. The first-order valence-electron chi connectivity index (χ1n) is 5.85. The third-order valence-corrected chi connectivity index (χ3v) is 3.98. The van der Waals surface area contributed by atoms with Crippen molar-refractivity contribution in [2.45, 2.75) is 24.6 Å². The summed E-state index contributed by atoms with van der Waals surface area (Å²) >= 11 is 3.10. The van der Waals surface area contributed by atoms with E-state index in [1.807, 2.05) is 0 Å². The Hall–Kier alpha value is -1.08. The Bertz CT molecular complexity index is 536. The Morgan fingerprint density at radius 3 is 2.55 bits per heavy atom. The van der Waals surface area contributed by atoms with E-state index in [2.05, 4.69) is 20.7 Å². The van der Waals surface area contributed by atoms with E-state index in [-0.39, 0.29) is 18.4 Å². The van der Waals surface area contributed by atoms with Crippen LogP contribution < -0.4 is 0 Å². The Morgan fingerprint density at radius 2 is 2.05 bits per heavy atom. The van der Waals surface area contributed by atoms with Crippen molar-refractivity contribution in [3.05, 3.63) is 33.8 Å². The number of rotatable bonds is 2. The average molecular weight is 353 g/mol. The number of carbonyl (C=O) groups is 1. The lowest BCUT2D eigenvalue weighted by atomic mass is 9.66. The van der Waals surface area contributed by atoms with Crippen molar-refractivity contribution in [2.75, 3.05) is 7.11 Å². The zero-order valence-electron chi connectivity index (χ0n) is 10.5. The van der Waals surface area contributed by atoms with E-state index < -0.39 is 29.2 Å². The monoisotopic (exact) mass is 352 g/mol. The Balaban J connectivity index is 2.34. The second-order valence-corrected chi connectivity index (χ2v) is 5.76. The fourth-order valence-corrected chi connectivity index (χ4v) is 2.82. The highest BCUT2D eigenvalue weighted by Gasteiger charge is 2.51. The maximum Gasteiger partial charge on any atom is 0.416 e. The van der Waals surface area contributed by atoms with E-state index in [1.165, 1.54) is 19.2 Å². The second-order valence-electron chi connectivity index (χ2n) is 4.85. The van der Waals surface area contributed by atoms with Crippen molar-refractivity contribution in [2.24, 2.45) is 5.92 Å². The first kappa shape index (κ1) is 15.3. The molecule has 110 valence electrons. The smallest absolute Gasteiger partial charge is 0.416 e. The molecular formula is C13H12BrF3O3. The highest BCUT2D eigenvalue weighted by Crippen LogP contribution is 2.50. The molecule has 0 aliphatic heterocycles. The van der Waals surface area contributed by atoms with Crippen LogP contribution >= 0.6 is 15.9 Å². The normalized spacial score (nSPS) is 26.0. The van der Waals surface area contributed by atoms with Gasteiger partial charge in [0.2, 0.25) is 0 Å². The van der Waals surface area contributed by atoms with Crippen LogP contribution in [0.1, 0.15) is 24.0 Å². The van der Waals surface area contributed by atoms with Gasteiger partial charge in [-0.25, -0.2) is 0 Å². The molecule has 0 unspecified atom stereocenters. The molecule has 2 rings (SSSR count). The molecule has 1 fully saturated rings. The van der Waals surface area contributed by atoms with Crippen LogP contribution in [0.2, 0.25) is 0 Å². The summed E-state index contributed by atoms with van der Waals surface area (Å²) in [5, 5.41) is 10.3. The van der Waals surface area contributed by atoms with Crippen molar-refractivity contribution in [1.29, 1.82) is 0 Å². The number of methoxy groups -OCH3 is 1. The molecule has 7 heteroatoms. The summed E-state index contributed by atoms with van der Waals surface area (Å²) in [6.07, 6.45) is -4.69. The average Bonchev–Trinajstić information content (AvgIpc) is 2.32. The quantitative estimate of drug-likeness (QED) is 0.831. The standard InChI is InChI=1S/C13H12BrF3O3/c1-20-11(18)7-5-12(19,6-7)10-4-8(14)2-3-9(10)13(15,16)17/h2-4,7,19H,5-6H2,1H3. The van der Waals surface area contributed by atoms with Gasteiger partial charge in [-0.3, -0.25) is 4.79 Å². The van der Waals surface area contributed by atoms with Gasteiger partial charge in [0.05, 0.1) is 24.2 Å². The minimum atomic E-state index is -4.55. The SMILES string of the molecule is COC(=O)C1CC(O)(c2cc(Br)ccc2C(F)(F)F)C1. The molecule has 0 atom stereocenters. The fraction of sp³-hybridized carbons (Fsp3) is 0.462. The van der Waals surface area contributed by atoms with Crippen LogP contribution in [0, 0.1) is 5.92 Å². The number of aliphatic hydroxyl groups is 1. The maximum absolute atomic E-state index is 13.0. The molecule has 1 saturated carbocycles. The molecule has 0 bridgehead atoms. The number of alkyl halides is 3. The summed E-state index contributed by atoms with van der Waals surface area (Å²) in [7, 11) is 1.21. The van der Waals surface area contributed by atoms with Crippen LogP contribution in [0.3, 0.4) is 0 Å². The Kier molecular flexibility index (Phi) is 3.85. The summed E-state index contributed by atoms with van der Waals surface area (Å²) in [5.74, 6) is -1.08. The van der Waals surface area contributed by atoms with Crippen LogP contribution in [0.25, 0.3) is 0 Å². The van der Waals surface area contributed by atoms with Gasteiger partial charge in [0.15, 0.2) is 0 Å². The fourth-order valence-electron chi connectivity index (χ4n) is 2.46. The van der Waals surface area contributed by atoms with Crippen molar-refractivity contribution in [3.63, 3.8) is 0 Å². The first-order chi connectivity index (χ1) is 9.17. The lowest BCUT2D eigenvalue weighted by molar-refractivity contribution is -0.165. The van der Waals surface area contributed by atoms with E-state index in [9.17, 15) is 23.1 Å². The lowest BCUT2D eigenvalue weighted by Gasteiger charge is -2.43. The van der Waals surface area contributed by atoms with Gasteiger partial charge in [0, 0.05) is 4.47 Å². The van der Waals surface area contributed by atoms with Gasteiger partial charge in [-0.1, -0.05) is 15.9 Å². The number of benzene rings is 1. The molecule has 0 heterocycles. The maximum atomic E-state index is 13.0. The van der Waals surface area contributed by atoms with Crippen molar-refractivity contribution >= 4 is 21.9 Å². The summed E-state index contributed by atoms with van der Waals surface area (Å²) in [6.45, 7) is 0. The highest BCUT2D eigenvalue weighted by molar-refractivity contribution is 9.10.